The number of hydrogen-bond acceptors (Lipinski definition) is 9. The molecule has 0 aliphatic carbocycles. The largest absolute Gasteiger partial charge is 0.516 e. The predicted octanol–water partition coefficient (Wildman–Crippen LogP) is 2.70. The normalized spacial score (nSPS) is 16.1. The monoisotopic (exact) mass is 404 g/mol. The van der Waals surface area contributed by atoms with E-state index in [0.717, 1.165) is 0 Å². The van der Waals surface area contributed by atoms with Crippen LogP contribution < -0.4 is 5.32 Å². The lowest BCUT2D eigenvalue weighted by molar-refractivity contribution is -0.384. The maximum Gasteiger partial charge on any atom is 0.516 e. The molecular formula is C19H20N2O8. The number of nitrogens with zero attached hydrogens (tertiary/aromatic N) is 1. The summed E-state index contributed by atoms with van der Waals surface area (Å²) in [6.07, 6.45) is -1.19. The Labute approximate surface area is 166 Å². The van der Waals surface area contributed by atoms with Gasteiger partial charge in [-0.2, -0.15) is 0 Å². The zero-order valence-corrected chi connectivity index (χ0v) is 16.3. The molecule has 1 aliphatic rings. The van der Waals surface area contributed by atoms with Crippen molar-refractivity contribution in [2.45, 2.75) is 26.7 Å². The molecular weight excluding hydrogens is 384 g/mol. The van der Waals surface area contributed by atoms with Gasteiger partial charge in [0.15, 0.2) is 0 Å². The molecule has 0 saturated carbocycles. The van der Waals surface area contributed by atoms with Crippen LogP contribution in [0.3, 0.4) is 0 Å². The Morgan fingerprint density at radius 2 is 1.76 bits per heavy atom. The van der Waals surface area contributed by atoms with E-state index in [1.807, 2.05) is 0 Å². The van der Waals surface area contributed by atoms with E-state index in [9.17, 15) is 24.5 Å². The number of carbonyl (C=O) groups is 3. The molecule has 0 spiro atoms. The first-order chi connectivity index (χ1) is 13.7. The zero-order chi connectivity index (χ0) is 21.7. The number of ether oxygens (including phenoxy) is 3. The van der Waals surface area contributed by atoms with Crippen LogP contribution >= 0.6 is 0 Å². The number of carbonyl (C=O) groups excluding carboxylic acids is 3. The first-order valence-corrected chi connectivity index (χ1v) is 8.61. The summed E-state index contributed by atoms with van der Waals surface area (Å²) in [4.78, 5) is 47.4. The Morgan fingerprint density at radius 1 is 1.14 bits per heavy atom. The molecule has 0 bridgehead atoms. The summed E-state index contributed by atoms with van der Waals surface area (Å²) >= 11 is 0. The highest BCUT2D eigenvalue weighted by molar-refractivity contribution is 6.02. The predicted molar refractivity (Wildman–Crippen MR) is 99.5 cm³/mol. The van der Waals surface area contributed by atoms with Crippen molar-refractivity contribution in [3.05, 3.63) is 62.5 Å². The number of nitro benzene ring substituents is 1. The average Bonchev–Trinajstić information content (AvgIpc) is 2.66. The van der Waals surface area contributed by atoms with E-state index in [2.05, 4.69) is 10.1 Å². The molecule has 1 atom stereocenters. The number of hydrogen-bond donors (Lipinski definition) is 1. The van der Waals surface area contributed by atoms with Gasteiger partial charge in [0.25, 0.3) is 5.69 Å². The third-order valence-electron chi connectivity index (χ3n) is 4.24. The molecule has 0 fully saturated rings. The number of dihydropyridines is 1. The van der Waals surface area contributed by atoms with Gasteiger partial charge in [0.1, 0.15) is 0 Å². The van der Waals surface area contributed by atoms with Gasteiger partial charge in [-0.25, -0.2) is 14.4 Å². The van der Waals surface area contributed by atoms with Crippen molar-refractivity contribution < 1.29 is 33.5 Å². The van der Waals surface area contributed by atoms with Gasteiger partial charge in [0.05, 0.1) is 35.7 Å². The Kier molecular flexibility index (Phi) is 6.71. The summed E-state index contributed by atoms with van der Waals surface area (Å²) in [5.74, 6) is -2.83. The van der Waals surface area contributed by atoms with Gasteiger partial charge in [-0.1, -0.05) is 12.1 Å². The lowest BCUT2D eigenvalue weighted by Gasteiger charge is -2.29. The Morgan fingerprint density at radius 3 is 2.31 bits per heavy atom. The third-order valence-corrected chi connectivity index (χ3v) is 4.24. The first kappa shape index (κ1) is 21.6. The number of rotatable bonds is 5. The van der Waals surface area contributed by atoms with Crippen molar-refractivity contribution in [3.8, 4) is 0 Å². The highest BCUT2D eigenvalue weighted by atomic mass is 16.7. The van der Waals surface area contributed by atoms with Crippen molar-refractivity contribution >= 4 is 23.8 Å². The van der Waals surface area contributed by atoms with E-state index in [4.69, 9.17) is 9.47 Å². The van der Waals surface area contributed by atoms with Crippen molar-refractivity contribution in [2.24, 2.45) is 0 Å². The number of allylic oxidation sites excluding steroid dienone is 2. The van der Waals surface area contributed by atoms with Crippen molar-refractivity contribution in [1.82, 2.24) is 5.32 Å². The van der Waals surface area contributed by atoms with Crippen LogP contribution in [0.1, 0.15) is 32.3 Å². The number of non-ortho nitro benzene ring substituents is 1. The van der Waals surface area contributed by atoms with Crippen LogP contribution in [0.15, 0.2) is 46.8 Å². The van der Waals surface area contributed by atoms with Crippen molar-refractivity contribution in [1.29, 1.82) is 0 Å². The van der Waals surface area contributed by atoms with Gasteiger partial charge >= 0.3 is 18.1 Å². The van der Waals surface area contributed by atoms with E-state index in [1.54, 1.807) is 20.8 Å². The van der Waals surface area contributed by atoms with Crippen LogP contribution in [-0.4, -0.2) is 36.7 Å². The van der Waals surface area contributed by atoms with Crippen molar-refractivity contribution in [2.75, 3.05) is 13.7 Å². The maximum atomic E-state index is 12.7. The summed E-state index contributed by atoms with van der Waals surface area (Å²) in [6.45, 7) is 4.71. The lowest BCUT2D eigenvalue weighted by atomic mass is 9.80. The lowest BCUT2D eigenvalue weighted by Crippen LogP contribution is -2.33. The Bertz CT molecular complexity index is 932. The van der Waals surface area contributed by atoms with Gasteiger partial charge in [-0.3, -0.25) is 10.1 Å². The smallest absolute Gasteiger partial charge is 0.466 e. The molecule has 1 N–H and O–H groups in total. The quantitative estimate of drug-likeness (QED) is 0.340. The second-order valence-electron chi connectivity index (χ2n) is 6.05. The van der Waals surface area contributed by atoms with Crippen LogP contribution in [0.4, 0.5) is 10.5 Å². The minimum absolute atomic E-state index is 0.00310. The van der Waals surface area contributed by atoms with E-state index < -0.39 is 28.9 Å². The minimum Gasteiger partial charge on any atom is -0.466 e. The first-order valence-electron chi connectivity index (χ1n) is 8.61. The molecule has 0 saturated heterocycles. The molecule has 0 aromatic heterocycles. The van der Waals surface area contributed by atoms with Crippen LogP contribution in [-0.2, 0) is 23.8 Å². The number of nitro groups is 1. The highest BCUT2D eigenvalue weighted by Gasteiger charge is 2.39. The molecule has 29 heavy (non-hydrogen) atoms. The minimum atomic E-state index is -1.19. The SMILES string of the molecule is CCOC(=O)OC(=O)C1=C(C)NC(C)=C(C(=O)OC)C1c1cccc([N+](=O)[O-])c1. The molecule has 0 radical (unpaired) electrons. The van der Waals surface area contributed by atoms with Crippen LogP contribution in [0.25, 0.3) is 0 Å². The number of benzene rings is 1. The van der Waals surface area contributed by atoms with E-state index in [0.29, 0.717) is 11.4 Å². The third kappa shape index (κ3) is 4.60. The number of methoxy groups -OCH3 is 1. The Balaban J connectivity index is 2.63. The van der Waals surface area contributed by atoms with E-state index in [-0.39, 0.29) is 29.0 Å². The summed E-state index contributed by atoms with van der Waals surface area (Å²) in [6, 6.07) is 5.50. The fraction of sp³-hybridized carbons (Fsp3) is 0.316. The summed E-state index contributed by atoms with van der Waals surface area (Å²) in [7, 11) is 1.18. The molecule has 0 amide bonds. The van der Waals surface area contributed by atoms with Crippen LogP contribution in [0.5, 0.6) is 0 Å². The average molecular weight is 404 g/mol. The highest BCUT2D eigenvalue weighted by Crippen LogP contribution is 2.40. The second kappa shape index (κ2) is 9.00. The van der Waals surface area contributed by atoms with Gasteiger partial charge < -0.3 is 19.5 Å². The van der Waals surface area contributed by atoms with E-state index >= 15 is 0 Å². The molecule has 10 heteroatoms. The molecule has 154 valence electrons. The second-order valence-corrected chi connectivity index (χ2v) is 6.05. The molecule has 10 nitrogen and oxygen atoms in total. The zero-order valence-electron chi connectivity index (χ0n) is 16.3. The molecule has 1 unspecified atom stereocenters. The fourth-order valence-corrected chi connectivity index (χ4v) is 3.07. The van der Waals surface area contributed by atoms with Crippen molar-refractivity contribution in [3.63, 3.8) is 0 Å². The number of nitrogens with one attached hydrogen (secondary N) is 1. The summed E-state index contributed by atoms with van der Waals surface area (Å²) in [5.41, 5.74) is 0.785. The Hall–Kier alpha value is -3.69. The fourth-order valence-electron chi connectivity index (χ4n) is 3.07. The summed E-state index contributed by atoms with van der Waals surface area (Å²) < 4.78 is 14.2. The maximum absolute atomic E-state index is 12.7. The van der Waals surface area contributed by atoms with Crippen LogP contribution in [0, 0.1) is 10.1 Å². The standard InChI is InChI=1S/C19H20N2O8/c1-5-28-19(24)29-18(23)15-11(3)20-10(2)14(17(22)27-4)16(15)12-7-6-8-13(9-12)21(25)26/h6-9,16,20H,5H2,1-4H3. The summed E-state index contributed by atoms with van der Waals surface area (Å²) in [5, 5.41) is 14.1. The topological polar surface area (TPSA) is 134 Å². The molecule has 1 heterocycles. The molecule has 1 aromatic rings. The molecule has 1 aromatic carbocycles. The van der Waals surface area contributed by atoms with Gasteiger partial charge in [-0.15, -0.1) is 0 Å². The molecule has 2 rings (SSSR count). The van der Waals surface area contributed by atoms with Gasteiger partial charge in [0, 0.05) is 23.5 Å². The number of esters is 2. The van der Waals surface area contributed by atoms with Gasteiger partial charge in [0.2, 0.25) is 0 Å². The van der Waals surface area contributed by atoms with E-state index in [1.165, 1.54) is 31.4 Å². The molecule has 1 aliphatic heterocycles. The van der Waals surface area contributed by atoms with Crippen LogP contribution in [0.2, 0.25) is 0 Å². The van der Waals surface area contributed by atoms with Gasteiger partial charge in [-0.05, 0) is 26.3 Å².